The van der Waals surface area contributed by atoms with Crippen molar-refractivity contribution >= 4 is 0 Å². The van der Waals surface area contributed by atoms with Crippen LogP contribution >= 0.6 is 0 Å². The third-order valence-electron chi connectivity index (χ3n) is 5.56. The summed E-state index contributed by atoms with van der Waals surface area (Å²) in [6.45, 7) is 6.50. The van der Waals surface area contributed by atoms with E-state index < -0.39 is 49.0 Å². The summed E-state index contributed by atoms with van der Waals surface area (Å²) in [5.41, 5.74) is -0.822. The Morgan fingerprint density at radius 3 is 2.23 bits per heavy atom. The number of rotatable bonds is 11. The zero-order valence-corrected chi connectivity index (χ0v) is 16.2. The van der Waals surface area contributed by atoms with Gasteiger partial charge in [0, 0.05) is 12.3 Å². The molecule has 0 aromatic rings. The highest BCUT2D eigenvalue weighted by Crippen LogP contribution is 2.36. The lowest BCUT2D eigenvalue weighted by atomic mass is 9.79. The van der Waals surface area contributed by atoms with Gasteiger partial charge in [-0.05, 0) is 19.3 Å². The summed E-state index contributed by atoms with van der Waals surface area (Å²) in [5, 5.41) is 49.1. The number of hydrogen-bond acceptors (Lipinski definition) is 8. The van der Waals surface area contributed by atoms with E-state index in [1.165, 1.54) is 0 Å². The molecule has 5 N–H and O–H groups in total. The fraction of sp³-hybridized carbons (Fsp3) is 1.00. The Hall–Kier alpha value is -0.320. The lowest BCUT2D eigenvalue weighted by molar-refractivity contribution is -0.325. The van der Waals surface area contributed by atoms with E-state index in [1.54, 1.807) is 6.92 Å². The van der Waals surface area contributed by atoms with Crippen molar-refractivity contribution in [1.29, 1.82) is 0 Å². The van der Waals surface area contributed by atoms with E-state index in [1.807, 2.05) is 20.8 Å². The molecule has 1 aliphatic rings. The summed E-state index contributed by atoms with van der Waals surface area (Å²) in [5.74, 6) is -0.331. The summed E-state index contributed by atoms with van der Waals surface area (Å²) in [4.78, 5) is 0. The maximum atomic E-state index is 10.6. The van der Waals surface area contributed by atoms with Gasteiger partial charge in [-0.1, -0.05) is 27.2 Å². The topological polar surface area (TPSA) is 129 Å². The monoisotopic (exact) mass is 380 g/mol. The van der Waals surface area contributed by atoms with Crippen LogP contribution in [-0.2, 0) is 14.2 Å². The number of aliphatic hydroxyl groups is 5. The first-order chi connectivity index (χ1) is 12.3. The normalized spacial score (nSPS) is 34.3. The largest absolute Gasteiger partial charge is 0.394 e. The van der Waals surface area contributed by atoms with Gasteiger partial charge in [-0.25, -0.2) is 0 Å². The fourth-order valence-corrected chi connectivity index (χ4v) is 3.51. The van der Waals surface area contributed by atoms with Crippen LogP contribution in [0.25, 0.3) is 0 Å². The second kappa shape index (κ2) is 10.9. The quantitative estimate of drug-likeness (QED) is 0.317. The summed E-state index contributed by atoms with van der Waals surface area (Å²) < 4.78 is 16.8. The van der Waals surface area contributed by atoms with Crippen LogP contribution in [0.1, 0.15) is 47.0 Å². The van der Waals surface area contributed by atoms with Crippen molar-refractivity contribution in [1.82, 2.24) is 0 Å². The van der Waals surface area contributed by atoms with Crippen molar-refractivity contribution in [2.75, 3.05) is 20.0 Å². The molecule has 8 heteroatoms. The minimum Gasteiger partial charge on any atom is -0.394 e. The van der Waals surface area contributed by atoms with Crippen LogP contribution in [0.2, 0.25) is 0 Å². The van der Waals surface area contributed by atoms with Crippen LogP contribution in [0, 0.1) is 11.8 Å². The molecular formula is C18H36O8. The predicted octanol–water partition coefficient (Wildman–Crippen LogP) is -0.00960. The van der Waals surface area contributed by atoms with E-state index in [9.17, 15) is 20.4 Å². The smallest absolute Gasteiger partial charge is 0.187 e. The number of hydrogen-bond donors (Lipinski definition) is 5. The minimum absolute atomic E-state index is 0.0621. The van der Waals surface area contributed by atoms with Crippen molar-refractivity contribution < 1.29 is 39.7 Å². The lowest BCUT2D eigenvalue weighted by Gasteiger charge is -2.47. The number of ether oxygens (including phenoxy) is 3. The zero-order chi connectivity index (χ0) is 19.9. The van der Waals surface area contributed by atoms with Gasteiger partial charge in [0.1, 0.15) is 12.9 Å². The first-order valence-electron chi connectivity index (χ1n) is 9.40. The average molecular weight is 380 g/mol. The van der Waals surface area contributed by atoms with Crippen LogP contribution < -0.4 is 0 Å². The molecule has 0 spiro atoms. The first kappa shape index (κ1) is 23.7. The Morgan fingerprint density at radius 1 is 1.12 bits per heavy atom. The van der Waals surface area contributed by atoms with Crippen LogP contribution in [0.3, 0.4) is 0 Å². The molecule has 26 heavy (non-hydrogen) atoms. The SMILES string of the molecule is CC[C@@H](C)[C@@H]1C(CO)O[C@H](OC(C)(CC)CC(CO)OCO)[C@@H](O)C1O. The summed E-state index contributed by atoms with van der Waals surface area (Å²) >= 11 is 0. The lowest BCUT2D eigenvalue weighted by Crippen LogP contribution is -2.59. The summed E-state index contributed by atoms with van der Waals surface area (Å²) in [6.07, 6.45) is -3.14. The molecule has 0 amide bonds. The molecule has 0 aliphatic carbocycles. The zero-order valence-electron chi connectivity index (χ0n) is 16.2. The van der Waals surface area contributed by atoms with Crippen LogP contribution in [0.4, 0.5) is 0 Å². The van der Waals surface area contributed by atoms with Gasteiger partial charge in [-0.2, -0.15) is 0 Å². The standard InChI is InChI=1S/C18H36O8/c1-5-11(3)14-13(9-20)25-17(16(23)15(14)22)26-18(4,6-2)7-12(8-19)24-10-21/h11-17,19-23H,5-10H2,1-4H3/t11-,12?,13?,14-,15?,16+,17-,18?/m1/s1. The van der Waals surface area contributed by atoms with Crippen molar-refractivity contribution in [3.05, 3.63) is 0 Å². The van der Waals surface area contributed by atoms with E-state index in [0.29, 0.717) is 6.42 Å². The van der Waals surface area contributed by atoms with Gasteiger partial charge in [0.25, 0.3) is 0 Å². The van der Waals surface area contributed by atoms with E-state index in [-0.39, 0.29) is 25.6 Å². The Kier molecular flexibility index (Phi) is 9.92. The van der Waals surface area contributed by atoms with E-state index >= 15 is 0 Å². The van der Waals surface area contributed by atoms with Crippen LogP contribution in [0.5, 0.6) is 0 Å². The molecule has 1 fully saturated rings. The third kappa shape index (κ3) is 5.84. The second-order valence-electron chi connectivity index (χ2n) is 7.40. The molecule has 0 radical (unpaired) electrons. The molecule has 8 atom stereocenters. The third-order valence-corrected chi connectivity index (χ3v) is 5.56. The molecule has 1 aliphatic heterocycles. The van der Waals surface area contributed by atoms with Gasteiger partial charge in [-0.3, -0.25) is 0 Å². The highest BCUT2D eigenvalue weighted by atomic mass is 16.7. The highest BCUT2D eigenvalue weighted by molar-refractivity contribution is 4.92. The summed E-state index contributed by atoms with van der Waals surface area (Å²) in [6, 6.07) is 0. The van der Waals surface area contributed by atoms with Crippen molar-refractivity contribution in [2.45, 2.75) is 83.3 Å². The van der Waals surface area contributed by atoms with Gasteiger partial charge in [0.15, 0.2) is 6.29 Å². The predicted molar refractivity (Wildman–Crippen MR) is 94.1 cm³/mol. The molecule has 0 saturated carbocycles. The molecule has 0 aromatic heterocycles. The maximum absolute atomic E-state index is 10.6. The maximum Gasteiger partial charge on any atom is 0.187 e. The highest BCUT2D eigenvalue weighted by Gasteiger charge is 2.48. The first-order valence-corrected chi connectivity index (χ1v) is 9.40. The second-order valence-corrected chi connectivity index (χ2v) is 7.40. The van der Waals surface area contributed by atoms with E-state index in [0.717, 1.165) is 6.42 Å². The average Bonchev–Trinajstić information content (AvgIpc) is 2.64. The van der Waals surface area contributed by atoms with Gasteiger partial charge >= 0.3 is 0 Å². The van der Waals surface area contributed by atoms with Crippen molar-refractivity contribution in [3.8, 4) is 0 Å². The summed E-state index contributed by atoms with van der Waals surface area (Å²) in [7, 11) is 0. The fourth-order valence-electron chi connectivity index (χ4n) is 3.51. The molecular weight excluding hydrogens is 344 g/mol. The molecule has 1 saturated heterocycles. The Bertz CT molecular complexity index is 393. The molecule has 4 unspecified atom stereocenters. The van der Waals surface area contributed by atoms with Gasteiger partial charge in [0.2, 0.25) is 0 Å². The van der Waals surface area contributed by atoms with Crippen LogP contribution in [-0.4, -0.2) is 81.8 Å². The molecule has 1 rings (SSSR count). The molecule has 8 nitrogen and oxygen atoms in total. The molecule has 1 heterocycles. The van der Waals surface area contributed by atoms with Crippen LogP contribution in [0.15, 0.2) is 0 Å². The Morgan fingerprint density at radius 2 is 1.77 bits per heavy atom. The number of aliphatic hydroxyl groups excluding tert-OH is 5. The van der Waals surface area contributed by atoms with Crippen molar-refractivity contribution in [3.63, 3.8) is 0 Å². The minimum atomic E-state index is -1.26. The Balaban J connectivity index is 2.89. The van der Waals surface area contributed by atoms with Crippen molar-refractivity contribution in [2.24, 2.45) is 11.8 Å². The molecule has 0 aromatic carbocycles. The Labute approximate surface area is 155 Å². The van der Waals surface area contributed by atoms with E-state index in [2.05, 4.69) is 0 Å². The molecule has 156 valence electrons. The van der Waals surface area contributed by atoms with Gasteiger partial charge in [0.05, 0.1) is 37.1 Å². The van der Waals surface area contributed by atoms with Gasteiger partial charge < -0.3 is 39.7 Å². The van der Waals surface area contributed by atoms with E-state index in [4.69, 9.17) is 19.3 Å². The molecule has 0 bridgehead atoms. The van der Waals surface area contributed by atoms with Gasteiger partial charge in [-0.15, -0.1) is 0 Å².